The van der Waals surface area contributed by atoms with E-state index in [4.69, 9.17) is 8.83 Å². The summed E-state index contributed by atoms with van der Waals surface area (Å²) < 4.78 is 19.2. The number of carbonyl (C=O) groups excluding carboxylic acids is 2. The molecule has 2 rings (SSSR count). The minimum Gasteiger partial charge on any atom is -0.463 e. The summed E-state index contributed by atoms with van der Waals surface area (Å²) in [7, 11) is 2.48. The molecular formula is C12H10O6. The number of methoxy groups -OCH3 is 2. The van der Waals surface area contributed by atoms with E-state index in [1.807, 2.05) is 0 Å². The summed E-state index contributed by atoms with van der Waals surface area (Å²) in [5, 5.41) is 0. The van der Waals surface area contributed by atoms with Crippen molar-refractivity contribution in [2.45, 2.75) is 0 Å². The number of ether oxygens (including phenoxy) is 2. The van der Waals surface area contributed by atoms with Crippen molar-refractivity contribution in [3.05, 3.63) is 36.2 Å². The van der Waals surface area contributed by atoms with Crippen molar-refractivity contribution in [1.29, 1.82) is 0 Å². The predicted octanol–water partition coefficient (Wildman–Crippen LogP) is 2.11. The average molecular weight is 250 g/mol. The highest BCUT2D eigenvalue weighted by molar-refractivity contribution is 6.00. The van der Waals surface area contributed by atoms with E-state index in [0.717, 1.165) is 0 Å². The van der Waals surface area contributed by atoms with Gasteiger partial charge < -0.3 is 18.3 Å². The van der Waals surface area contributed by atoms with E-state index >= 15 is 0 Å². The van der Waals surface area contributed by atoms with Gasteiger partial charge in [-0.05, 0) is 12.1 Å². The number of hydrogen-bond acceptors (Lipinski definition) is 6. The smallest absolute Gasteiger partial charge is 0.374 e. The molecule has 6 nitrogen and oxygen atoms in total. The summed E-state index contributed by atoms with van der Waals surface area (Å²) in [5.41, 5.74) is 0.826. The Morgan fingerprint density at radius 3 is 1.61 bits per heavy atom. The maximum Gasteiger partial charge on any atom is 0.374 e. The lowest BCUT2D eigenvalue weighted by atomic mass is 10.1. The molecule has 0 aliphatic rings. The Morgan fingerprint density at radius 2 is 1.28 bits per heavy atom. The molecule has 18 heavy (non-hydrogen) atoms. The Hall–Kier alpha value is -2.50. The van der Waals surface area contributed by atoms with E-state index in [9.17, 15) is 9.59 Å². The third kappa shape index (κ3) is 1.88. The minimum atomic E-state index is -0.632. The van der Waals surface area contributed by atoms with E-state index in [-0.39, 0.29) is 11.5 Å². The monoisotopic (exact) mass is 250 g/mol. The number of rotatable bonds is 3. The van der Waals surface area contributed by atoms with Crippen molar-refractivity contribution in [2.75, 3.05) is 14.2 Å². The van der Waals surface area contributed by atoms with E-state index < -0.39 is 11.9 Å². The molecule has 0 unspecified atom stereocenters. The van der Waals surface area contributed by atoms with Crippen LogP contribution in [0.25, 0.3) is 11.1 Å². The van der Waals surface area contributed by atoms with Gasteiger partial charge in [-0.15, -0.1) is 0 Å². The van der Waals surface area contributed by atoms with Gasteiger partial charge in [0.15, 0.2) is 0 Å². The molecular weight excluding hydrogens is 240 g/mol. The molecule has 0 radical (unpaired) electrons. The Labute approximate surface area is 102 Å². The highest BCUT2D eigenvalue weighted by atomic mass is 16.5. The Bertz CT molecular complexity index is 525. The van der Waals surface area contributed by atoms with Crippen LogP contribution in [0.2, 0.25) is 0 Å². The van der Waals surface area contributed by atoms with Crippen molar-refractivity contribution in [1.82, 2.24) is 0 Å². The van der Waals surface area contributed by atoms with Crippen LogP contribution in [0.1, 0.15) is 21.1 Å². The predicted molar refractivity (Wildman–Crippen MR) is 59.1 cm³/mol. The van der Waals surface area contributed by atoms with Gasteiger partial charge in [-0.2, -0.15) is 0 Å². The number of carbonyl (C=O) groups is 2. The Kier molecular flexibility index (Phi) is 3.18. The van der Waals surface area contributed by atoms with Gasteiger partial charge in [0.2, 0.25) is 11.5 Å². The summed E-state index contributed by atoms with van der Waals surface area (Å²) in [6, 6.07) is 3.09. The van der Waals surface area contributed by atoms with Crippen LogP contribution in [-0.4, -0.2) is 26.2 Å². The zero-order valence-corrected chi connectivity index (χ0v) is 9.76. The first kappa shape index (κ1) is 12.0. The van der Waals surface area contributed by atoms with Gasteiger partial charge in [0.1, 0.15) is 0 Å². The van der Waals surface area contributed by atoms with Crippen LogP contribution >= 0.6 is 0 Å². The molecule has 0 aliphatic heterocycles. The average Bonchev–Trinajstić information content (AvgIpc) is 3.04. The van der Waals surface area contributed by atoms with E-state index in [2.05, 4.69) is 9.47 Å². The molecule has 0 amide bonds. The molecule has 2 aromatic heterocycles. The van der Waals surface area contributed by atoms with Crippen LogP contribution in [0, 0.1) is 0 Å². The fourth-order valence-corrected chi connectivity index (χ4v) is 1.54. The van der Waals surface area contributed by atoms with Gasteiger partial charge in [-0.25, -0.2) is 9.59 Å². The quantitative estimate of drug-likeness (QED) is 0.776. The van der Waals surface area contributed by atoms with Crippen LogP contribution in [0.3, 0.4) is 0 Å². The van der Waals surface area contributed by atoms with Crippen molar-refractivity contribution < 1.29 is 27.9 Å². The van der Waals surface area contributed by atoms with Gasteiger partial charge in [0.25, 0.3) is 0 Å². The summed E-state index contributed by atoms with van der Waals surface area (Å²) in [6.45, 7) is 0. The molecule has 2 heterocycles. The number of furan rings is 2. The highest BCUT2D eigenvalue weighted by Crippen LogP contribution is 2.30. The lowest BCUT2D eigenvalue weighted by Crippen LogP contribution is -2.04. The molecule has 0 fully saturated rings. The molecule has 0 atom stereocenters. The molecule has 0 saturated carbocycles. The van der Waals surface area contributed by atoms with Crippen molar-refractivity contribution in [3.63, 3.8) is 0 Å². The number of hydrogen-bond donors (Lipinski definition) is 0. The third-order valence-electron chi connectivity index (χ3n) is 2.36. The van der Waals surface area contributed by atoms with Crippen molar-refractivity contribution >= 4 is 11.9 Å². The van der Waals surface area contributed by atoms with Crippen LogP contribution in [-0.2, 0) is 9.47 Å². The summed E-state index contributed by atoms with van der Waals surface area (Å²) in [4.78, 5) is 23.0. The fourth-order valence-electron chi connectivity index (χ4n) is 1.54. The van der Waals surface area contributed by atoms with Gasteiger partial charge in [0.05, 0.1) is 26.7 Å². The third-order valence-corrected chi connectivity index (χ3v) is 2.36. The topological polar surface area (TPSA) is 78.9 Å². The second-order valence-electron chi connectivity index (χ2n) is 3.31. The maximum atomic E-state index is 11.5. The minimum absolute atomic E-state index is 0.00375. The van der Waals surface area contributed by atoms with E-state index in [1.54, 1.807) is 12.1 Å². The van der Waals surface area contributed by atoms with Crippen molar-refractivity contribution in [3.8, 4) is 11.1 Å². The van der Waals surface area contributed by atoms with Gasteiger partial charge >= 0.3 is 11.9 Å². The zero-order chi connectivity index (χ0) is 13.1. The molecule has 94 valence electrons. The van der Waals surface area contributed by atoms with Crippen LogP contribution in [0.15, 0.2) is 33.5 Å². The Balaban J connectivity index is 2.50. The summed E-state index contributed by atoms with van der Waals surface area (Å²) in [5.74, 6) is -1.26. The molecule has 0 aromatic carbocycles. The summed E-state index contributed by atoms with van der Waals surface area (Å²) >= 11 is 0. The van der Waals surface area contributed by atoms with Crippen LogP contribution in [0.5, 0.6) is 0 Å². The second kappa shape index (κ2) is 4.79. The zero-order valence-electron chi connectivity index (χ0n) is 9.76. The van der Waals surface area contributed by atoms with Gasteiger partial charge in [0, 0.05) is 11.1 Å². The van der Waals surface area contributed by atoms with Gasteiger partial charge in [-0.3, -0.25) is 0 Å². The first-order chi connectivity index (χ1) is 8.69. The molecule has 0 spiro atoms. The van der Waals surface area contributed by atoms with Gasteiger partial charge in [-0.1, -0.05) is 0 Å². The second-order valence-corrected chi connectivity index (χ2v) is 3.31. The van der Waals surface area contributed by atoms with Crippen molar-refractivity contribution in [2.24, 2.45) is 0 Å². The first-order valence-electron chi connectivity index (χ1n) is 5.01. The molecule has 0 N–H and O–H groups in total. The molecule has 0 saturated heterocycles. The summed E-state index contributed by atoms with van der Waals surface area (Å²) in [6.07, 6.45) is 2.66. The number of esters is 2. The molecule has 2 aromatic rings. The first-order valence-corrected chi connectivity index (χ1v) is 5.01. The maximum absolute atomic E-state index is 11.5. The Morgan fingerprint density at radius 1 is 0.889 bits per heavy atom. The largest absolute Gasteiger partial charge is 0.463 e. The van der Waals surface area contributed by atoms with E-state index in [0.29, 0.717) is 11.1 Å². The van der Waals surface area contributed by atoms with Crippen LogP contribution in [0.4, 0.5) is 0 Å². The lowest BCUT2D eigenvalue weighted by molar-refractivity contribution is 0.0554. The molecule has 6 heteroatoms. The SMILES string of the molecule is COC(=O)c1occc1-c1ccoc1C(=O)OC. The fraction of sp³-hybridized carbons (Fsp3) is 0.167. The molecule has 0 bridgehead atoms. The van der Waals surface area contributed by atoms with Crippen LogP contribution < -0.4 is 0 Å². The highest BCUT2D eigenvalue weighted by Gasteiger charge is 2.24. The normalized spacial score (nSPS) is 10.1. The lowest BCUT2D eigenvalue weighted by Gasteiger charge is -2.01. The molecule has 0 aliphatic carbocycles. The standard InChI is InChI=1S/C12H10O6/c1-15-11(13)9-7(3-5-17-9)8-4-6-18-10(8)12(14)16-2/h3-6H,1-2H3. The van der Waals surface area contributed by atoms with E-state index in [1.165, 1.54) is 26.7 Å².